The van der Waals surface area contributed by atoms with Gasteiger partial charge in [0.15, 0.2) is 11.5 Å². The van der Waals surface area contributed by atoms with Gasteiger partial charge in [-0.3, -0.25) is 4.79 Å². The van der Waals surface area contributed by atoms with E-state index in [-0.39, 0.29) is 36.0 Å². The van der Waals surface area contributed by atoms with Crippen LogP contribution in [0.2, 0.25) is 5.04 Å². The Labute approximate surface area is 373 Å². The van der Waals surface area contributed by atoms with Gasteiger partial charge in [0.1, 0.15) is 21.8 Å². The minimum absolute atomic E-state index is 0.175. The van der Waals surface area contributed by atoms with Crippen LogP contribution in [-0.2, 0) is 28.9 Å². The van der Waals surface area contributed by atoms with Crippen molar-refractivity contribution >= 4 is 46.9 Å². The van der Waals surface area contributed by atoms with Crippen LogP contribution in [-0.4, -0.2) is 46.2 Å². The Kier molecular flexibility index (Phi) is 11.6. The largest absolute Gasteiger partial charge is 0.597 e. The Morgan fingerprint density at radius 3 is 2.19 bits per heavy atom. The smallest absolute Gasteiger partial charge is 0.270 e. The Hall–Kier alpha value is -5.69. The van der Waals surface area contributed by atoms with Crippen molar-refractivity contribution in [1.29, 1.82) is 0 Å². The van der Waals surface area contributed by atoms with Crippen molar-refractivity contribution < 1.29 is 27.7 Å². The average molecular weight is 876 g/mol. The number of ether oxygens (including phenoxy) is 2. The second-order valence-electron chi connectivity index (χ2n) is 18.3. The maximum Gasteiger partial charge on any atom is 0.270 e. The molecule has 322 valence electrons. The van der Waals surface area contributed by atoms with Gasteiger partial charge in [-0.25, -0.2) is 4.98 Å². The first kappa shape index (κ1) is 42.6. The zero-order valence-electron chi connectivity index (χ0n) is 36.6. The third-order valence-corrected chi connectivity index (χ3v) is 18.9. The first-order valence-electron chi connectivity index (χ1n) is 21.5. The van der Waals surface area contributed by atoms with E-state index < -0.39 is 24.4 Å². The summed E-state index contributed by atoms with van der Waals surface area (Å²) in [5.74, 6) is 1.76. The van der Waals surface area contributed by atoms with Crippen LogP contribution in [0.25, 0.3) is 33.6 Å². The standard InChI is InChI=1S/C52H53N3O6SSi/c1-51(2,3)62(57)55-33-39-30-42(50(56)53-32-35-24-25-45-47(28-35)59-34-58-45)54-49(38-18-15-17-36(29-38)46-31-37-16-13-14-23-44(37)61-46)48(39)43(55)26-27-60-63(52(4,5)6,40-19-9-7-10-20-40)41-21-11-8-12-22-41/h7-25,28-31,43H,26-27,32-34H2,1-6H3,(H,53,56)/t43-,62?/m1/s1. The highest BCUT2D eigenvalue weighted by atomic mass is 32.2. The number of amides is 1. The molecule has 1 N–H and O–H groups in total. The number of nitrogens with one attached hydrogen (secondary N) is 1. The summed E-state index contributed by atoms with van der Waals surface area (Å²) < 4.78 is 41.1. The Morgan fingerprint density at radius 1 is 0.810 bits per heavy atom. The van der Waals surface area contributed by atoms with Crippen molar-refractivity contribution in [2.75, 3.05) is 13.4 Å². The molecule has 1 amide bonds. The lowest BCUT2D eigenvalue weighted by molar-refractivity contribution is 0.0945. The third kappa shape index (κ3) is 8.32. The number of nitrogens with zero attached hydrogens (tertiary/aromatic N) is 2. The molecule has 63 heavy (non-hydrogen) atoms. The molecule has 4 heterocycles. The van der Waals surface area contributed by atoms with Gasteiger partial charge in [0, 0.05) is 46.6 Å². The van der Waals surface area contributed by atoms with E-state index in [4.69, 9.17) is 23.3 Å². The van der Waals surface area contributed by atoms with E-state index in [1.165, 1.54) is 10.4 Å². The second kappa shape index (κ2) is 17.1. The van der Waals surface area contributed by atoms with Crippen LogP contribution < -0.4 is 25.2 Å². The molecule has 2 aliphatic heterocycles. The van der Waals surface area contributed by atoms with Gasteiger partial charge in [-0.05, 0) is 90.1 Å². The van der Waals surface area contributed by atoms with Gasteiger partial charge in [-0.1, -0.05) is 124 Å². The highest BCUT2D eigenvalue weighted by Gasteiger charge is 2.51. The second-order valence-corrected chi connectivity index (χ2v) is 24.8. The van der Waals surface area contributed by atoms with Gasteiger partial charge in [0.05, 0.1) is 18.3 Å². The topological polar surface area (TPSA) is 109 Å². The van der Waals surface area contributed by atoms with Crippen molar-refractivity contribution in [2.45, 2.75) is 76.9 Å². The number of hydrogen-bond acceptors (Lipinski definition) is 8. The maximum atomic E-state index is 14.7. The summed E-state index contributed by atoms with van der Waals surface area (Å²) in [6.07, 6.45) is 0.549. The third-order valence-electron chi connectivity index (χ3n) is 12.0. The van der Waals surface area contributed by atoms with E-state index >= 15 is 0 Å². The zero-order chi connectivity index (χ0) is 43.9. The Morgan fingerprint density at radius 2 is 1.49 bits per heavy atom. The Balaban J connectivity index is 1.13. The number of fused-ring (bicyclic) bond motifs is 3. The van der Waals surface area contributed by atoms with Crippen LogP contribution in [0.3, 0.4) is 0 Å². The molecule has 9 nitrogen and oxygen atoms in total. The SMILES string of the molecule is CC(C)(C)[S+]([O-])N1Cc2cc(C(=O)NCc3ccc4c(c3)OCO4)nc(-c3cccc(-c4cc5ccccc5o4)c3)c2[C@H]1CCO[Si](c1ccccc1)(c1ccccc1)C(C)(C)C. The molecule has 9 rings (SSSR count). The summed E-state index contributed by atoms with van der Waals surface area (Å²) in [6.45, 7) is 14.1. The minimum atomic E-state index is -2.89. The molecule has 1 unspecified atom stereocenters. The van der Waals surface area contributed by atoms with E-state index in [0.717, 1.165) is 44.5 Å². The molecule has 2 aliphatic rings. The highest BCUT2D eigenvalue weighted by molar-refractivity contribution is 7.90. The summed E-state index contributed by atoms with van der Waals surface area (Å²) >= 11 is -1.41. The zero-order valence-corrected chi connectivity index (χ0v) is 38.5. The average Bonchev–Trinajstić information content (AvgIpc) is 4.03. The lowest BCUT2D eigenvalue weighted by Crippen LogP contribution is -2.66. The summed E-state index contributed by atoms with van der Waals surface area (Å²) in [4.78, 5) is 19.4. The molecule has 0 saturated heterocycles. The van der Waals surface area contributed by atoms with Crippen LogP contribution in [0, 0.1) is 0 Å². The number of carbonyl (C=O) groups excluding carboxylic acids is 1. The monoisotopic (exact) mass is 875 g/mol. The van der Waals surface area contributed by atoms with Crippen LogP contribution in [0.15, 0.2) is 144 Å². The van der Waals surface area contributed by atoms with E-state index in [9.17, 15) is 9.35 Å². The van der Waals surface area contributed by atoms with Crippen molar-refractivity contribution in [1.82, 2.24) is 14.6 Å². The van der Waals surface area contributed by atoms with Gasteiger partial charge >= 0.3 is 0 Å². The molecule has 7 aromatic rings. The predicted molar refractivity (Wildman–Crippen MR) is 253 cm³/mol. The summed E-state index contributed by atoms with van der Waals surface area (Å²) in [5.41, 5.74) is 6.21. The first-order chi connectivity index (χ1) is 30.3. The van der Waals surface area contributed by atoms with E-state index in [0.29, 0.717) is 36.8 Å². The molecule has 5 aromatic carbocycles. The van der Waals surface area contributed by atoms with Gasteiger partial charge in [0.2, 0.25) is 6.79 Å². The summed E-state index contributed by atoms with van der Waals surface area (Å²) in [5, 5.41) is 6.29. The lowest BCUT2D eigenvalue weighted by Gasteiger charge is -2.43. The molecule has 11 heteroatoms. The number of aromatic nitrogens is 1. The molecule has 0 saturated carbocycles. The molecular weight excluding hydrogens is 823 g/mol. The van der Waals surface area contributed by atoms with Gasteiger partial charge < -0.3 is 28.2 Å². The lowest BCUT2D eigenvalue weighted by atomic mass is 9.95. The first-order valence-corrected chi connectivity index (χ1v) is 24.6. The van der Waals surface area contributed by atoms with Gasteiger partial charge in [0.25, 0.3) is 14.2 Å². The van der Waals surface area contributed by atoms with E-state index in [1.807, 2.05) is 93.6 Å². The molecule has 0 radical (unpaired) electrons. The number of para-hydroxylation sites is 1. The molecule has 0 spiro atoms. The number of hydrogen-bond donors (Lipinski definition) is 1. The molecule has 2 aromatic heterocycles. The van der Waals surface area contributed by atoms with Gasteiger partial charge in [-0.2, -0.15) is 0 Å². The van der Waals surface area contributed by atoms with Crippen LogP contribution in [0.1, 0.15) is 81.2 Å². The fraction of sp³-hybridized carbons (Fsp3) is 0.269. The van der Waals surface area contributed by atoms with Crippen molar-refractivity contribution in [3.63, 3.8) is 0 Å². The predicted octanol–water partition coefficient (Wildman–Crippen LogP) is 10.1. The minimum Gasteiger partial charge on any atom is -0.597 e. The summed E-state index contributed by atoms with van der Waals surface area (Å²) in [7, 11) is -2.89. The number of pyridine rings is 1. The van der Waals surface area contributed by atoms with Crippen LogP contribution in [0.5, 0.6) is 11.5 Å². The quantitative estimate of drug-likeness (QED) is 0.0955. The molecular formula is C52H53N3O6SSi. The summed E-state index contributed by atoms with van der Waals surface area (Å²) in [6, 6.07) is 46.6. The number of furan rings is 1. The fourth-order valence-electron chi connectivity index (χ4n) is 9.04. The Bertz CT molecular complexity index is 2690. The van der Waals surface area contributed by atoms with Crippen molar-refractivity contribution in [3.8, 4) is 34.1 Å². The number of benzene rings is 5. The molecule has 2 atom stereocenters. The van der Waals surface area contributed by atoms with Crippen molar-refractivity contribution in [2.24, 2.45) is 0 Å². The molecule has 0 fully saturated rings. The normalized spacial score (nSPS) is 15.7. The molecule has 0 aliphatic carbocycles. The van der Waals surface area contributed by atoms with Crippen LogP contribution >= 0.6 is 0 Å². The number of rotatable bonds is 12. The van der Waals surface area contributed by atoms with E-state index in [2.05, 4.69) is 97.1 Å². The maximum absolute atomic E-state index is 14.7. The van der Waals surface area contributed by atoms with E-state index in [1.54, 1.807) is 0 Å². The van der Waals surface area contributed by atoms with Crippen molar-refractivity contribution in [3.05, 3.63) is 162 Å². The van der Waals surface area contributed by atoms with Crippen LogP contribution in [0.4, 0.5) is 0 Å². The highest BCUT2D eigenvalue weighted by Crippen LogP contribution is 2.46. The number of carbonyl (C=O) groups is 1. The molecule has 0 bridgehead atoms. The van der Waals surface area contributed by atoms with Gasteiger partial charge in [-0.15, -0.1) is 4.31 Å². The fourth-order valence-corrected chi connectivity index (χ4v) is 15.0.